The summed E-state index contributed by atoms with van der Waals surface area (Å²) in [7, 11) is 0. The monoisotopic (exact) mass is 221 g/mol. The molecule has 1 heterocycles. The largest absolute Gasteiger partial charge is 0.481 e. The summed E-state index contributed by atoms with van der Waals surface area (Å²) in [4.78, 5) is 10.6. The maximum absolute atomic E-state index is 13.0. The maximum Gasteiger partial charge on any atom is 0.308 e. The van der Waals surface area contributed by atoms with Gasteiger partial charge in [-0.3, -0.25) is 4.79 Å². The Morgan fingerprint density at radius 1 is 1.50 bits per heavy atom. The van der Waals surface area contributed by atoms with E-state index in [2.05, 4.69) is 5.16 Å². The van der Waals surface area contributed by atoms with Crippen LogP contribution < -0.4 is 0 Å². The molecule has 0 fully saturated rings. The molecule has 0 amide bonds. The number of halogens is 1. The zero-order valence-corrected chi connectivity index (χ0v) is 8.18. The second kappa shape index (κ2) is 4.14. The molecule has 0 atom stereocenters. The van der Waals surface area contributed by atoms with E-state index in [-0.39, 0.29) is 6.42 Å². The molecule has 0 saturated carbocycles. The predicted octanol–water partition coefficient (Wildman–Crippen LogP) is 2.11. The molecular weight excluding hydrogens is 213 g/mol. The number of benzene rings is 1. The lowest BCUT2D eigenvalue weighted by Crippen LogP contribution is -2.00. The van der Waals surface area contributed by atoms with Gasteiger partial charge in [0.2, 0.25) is 0 Å². The molecule has 2 aromatic rings. The van der Waals surface area contributed by atoms with Crippen molar-refractivity contribution in [1.82, 2.24) is 5.16 Å². The number of aromatic nitrogens is 1. The van der Waals surface area contributed by atoms with E-state index >= 15 is 0 Å². The van der Waals surface area contributed by atoms with Crippen molar-refractivity contribution in [2.45, 2.75) is 6.42 Å². The van der Waals surface area contributed by atoms with Crippen LogP contribution in [0.5, 0.6) is 0 Å². The zero-order chi connectivity index (χ0) is 11.5. The van der Waals surface area contributed by atoms with Crippen LogP contribution in [0.3, 0.4) is 0 Å². The molecule has 0 saturated heterocycles. The summed E-state index contributed by atoms with van der Waals surface area (Å²) in [5.74, 6) is -1.39. The van der Waals surface area contributed by atoms with Gasteiger partial charge in [0.05, 0.1) is 6.42 Å². The first kappa shape index (κ1) is 10.4. The van der Waals surface area contributed by atoms with Gasteiger partial charge in [-0.1, -0.05) is 17.3 Å². The first-order valence-electron chi connectivity index (χ1n) is 4.58. The van der Waals surface area contributed by atoms with Crippen LogP contribution in [0.4, 0.5) is 4.39 Å². The van der Waals surface area contributed by atoms with Crippen LogP contribution in [-0.4, -0.2) is 16.2 Å². The Bertz CT molecular complexity index is 521. The van der Waals surface area contributed by atoms with Crippen molar-refractivity contribution >= 4 is 5.97 Å². The maximum atomic E-state index is 13.0. The molecule has 2 rings (SSSR count). The van der Waals surface area contributed by atoms with E-state index in [4.69, 9.17) is 9.63 Å². The number of carboxylic acids is 1. The molecular formula is C11H8FNO3. The fraction of sp³-hybridized carbons (Fsp3) is 0.0909. The van der Waals surface area contributed by atoms with Crippen molar-refractivity contribution in [2.24, 2.45) is 0 Å². The van der Waals surface area contributed by atoms with Gasteiger partial charge in [-0.2, -0.15) is 0 Å². The van der Waals surface area contributed by atoms with Crippen molar-refractivity contribution in [3.63, 3.8) is 0 Å². The molecule has 0 aliphatic carbocycles. The molecule has 0 unspecified atom stereocenters. The lowest BCUT2D eigenvalue weighted by molar-refractivity contribution is -0.136. The standard InChI is InChI=1S/C11H8FNO3/c12-9-3-1-2-7(4-9)11-8(5-10(14)15)6-16-13-11/h1-4,6H,5H2,(H,14,15). The summed E-state index contributed by atoms with van der Waals surface area (Å²) in [6, 6.07) is 5.76. The molecule has 16 heavy (non-hydrogen) atoms. The van der Waals surface area contributed by atoms with E-state index in [1.807, 2.05) is 0 Å². The SMILES string of the molecule is O=C(O)Cc1conc1-c1cccc(F)c1. The van der Waals surface area contributed by atoms with Crippen molar-refractivity contribution in [3.8, 4) is 11.3 Å². The molecule has 0 spiro atoms. The Hall–Kier alpha value is -2.17. The fourth-order valence-electron chi connectivity index (χ4n) is 1.42. The molecule has 1 N–H and O–H groups in total. The molecule has 0 bridgehead atoms. The van der Waals surface area contributed by atoms with Gasteiger partial charge < -0.3 is 9.63 Å². The van der Waals surface area contributed by atoms with Crippen molar-refractivity contribution in [2.75, 3.05) is 0 Å². The van der Waals surface area contributed by atoms with Crippen LogP contribution in [0.25, 0.3) is 11.3 Å². The Morgan fingerprint density at radius 3 is 3.00 bits per heavy atom. The van der Waals surface area contributed by atoms with E-state index in [9.17, 15) is 9.18 Å². The third kappa shape index (κ3) is 2.08. The average molecular weight is 221 g/mol. The van der Waals surface area contributed by atoms with Crippen molar-refractivity contribution in [1.29, 1.82) is 0 Å². The fourth-order valence-corrected chi connectivity index (χ4v) is 1.42. The highest BCUT2D eigenvalue weighted by molar-refractivity contribution is 5.74. The van der Waals surface area contributed by atoms with Crippen LogP contribution >= 0.6 is 0 Å². The Morgan fingerprint density at radius 2 is 2.31 bits per heavy atom. The lowest BCUT2D eigenvalue weighted by atomic mass is 10.1. The van der Waals surface area contributed by atoms with Gasteiger partial charge in [0.25, 0.3) is 0 Å². The minimum absolute atomic E-state index is 0.199. The molecule has 4 nitrogen and oxygen atoms in total. The van der Waals surface area contributed by atoms with E-state index < -0.39 is 11.8 Å². The lowest BCUT2D eigenvalue weighted by Gasteiger charge is -1.98. The molecule has 82 valence electrons. The number of hydrogen-bond acceptors (Lipinski definition) is 3. The molecule has 1 aromatic carbocycles. The molecule has 0 aliphatic heterocycles. The summed E-state index contributed by atoms with van der Waals surface area (Å²) in [5.41, 5.74) is 1.30. The Labute approximate surface area is 90.3 Å². The quantitative estimate of drug-likeness (QED) is 0.862. The molecule has 0 aliphatic rings. The van der Waals surface area contributed by atoms with Gasteiger partial charge in [-0.05, 0) is 12.1 Å². The molecule has 1 aromatic heterocycles. The highest BCUT2D eigenvalue weighted by Crippen LogP contribution is 2.23. The first-order chi connectivity index (χ1) is 7.66. The summed E-state index contributed by atoms with van der Waals surface area (Å²) >= 11 is 0. The van der Waals surface area contributed by atoms with Crippen molar-refractivity contribution in [3.05, 3.63) is 41.9 Å². The Balaban J connectivity index is 2.40. The molecule has 5 heteroatoms. The normalized spacial score (nSPS) is 10.3. The van der Waals surface area contributed by atoms with Gasteiger partial charge >= 0.3 is 5.97 Å². The Kier molecular flexibility index (Phi) is 2.68. The predicted molar refractivity (Wildman–Crippen MR) is 53.2 cm³/mol. The van der Waals surface area contributed by atoms with E-state index in [0.717, 1.165) is 0 Å². The molecule has 0 radical (unpaired) electrons. The summed E-state index contributed by atoms with van der Waals surface area (Å²) in [6.07, 6.45) is 1.06. The third-order valence-corrected chi connectivity index (χ3v) is 2.08. The van der Waals surface area contributed by atoms with E-state index in [0.29, 0.717) is 16.8 Å². The van der Waals surface area contributed by atoms with Crippen LogP contribution in [0.1, 0.15) is 5.56 Å². The number of carboxylic acid groups (broad SMARTS) is 1. The highest BCUT2D eigenvalue weighted by Gasteiger charge is 2.13. The van der Waals surface area contributed by atoms with E-state index in [1.54, 1.807) is 6.07 Å². The highest BCUT2D eigenvalue weighted by atomic mass is 19.1. The third-order valence-electron chi connectivity index (χ3n) is 2.08. The van der Waals surface area contributed by atoms with Crippen LogP contribution in [0.2, 0.25) is 0 Å². The summed E-state index contributed by atoms with van der Waals surface area (Å²) in [6.45, 7) is 0. The van der Waals surface area contributed by atoms with Gasteiger partial charge in [-0.25, -0.2) is 4.39 Å². The van der Waals surface area contributed by atoms with Crippen molar-refractivity contribution < 1.29 is 18.8 Å². The topological polar surface area (TPSA) is 63.3 Å². The second-order valence-corrected chi connectivity index (χ2v) is 3.27. The minimum Gasteiger partial charge on any atom is -0.481 e. The van der Waals surface area contributed by atoms with Gasteiger partial charge in [-0.15, -0.1) is 0 Å². The number of nitrogens with zero attached hydrogens (tertiary/aromatic N) is 1. The van der Waals surface area contributed by atoms with Gasteiger partial charge in [0.1, 0.15) is 17.8 Å². The second-order valence-electron chi connectivity index (χ2n) is 3.27. The number of hydrogen-bond donors (Lipinski definition) is 1. The smallest absolute Gasteiger partial charge is 0.308 e. The summed E-state index contributed by atoms with van der Waals surface area (Å²) < 4.78 is 17.7. The first-order valence-corrected chi connectivity index (χ1v) is 4.58. The van der Waals surface area contributed by atoms with Gasteiger partial charge in [0, 0.05) is 11.1 Å². The number of rotatable bonds is 3. The van der Waals surface area contributed by atoms with Gasteiger partial charge in [0.15, 0.2) is 0 Å². The van der Waals surface area contributed by atoms with Crippen LogP contribution in [0, 0.1) is 5.82 Å². The number of carbonyl (C=O) groups is 1. The minimum atomic E-state index is -0.985. The van der Waals surface area contributed by atoms with E-state index in [1.165, 1.54) is 24.5 Å². The number of aliphatic carboxylic acids is 1. The zero-order valence-electron chi connectivity index (χ0n) is 8.18. The summed E-state index contributed by atoms with van der Waals surface area (Å²) in [5, 5.41) is 12.3. The van der Waals surface area contributed by atoms with Crippen LogP contribution in [-0.2, 0) is 11.2 Å². The van der Waals surface area contributed by atoms with Crippen LogP contribution in [0.15, 0.2) is 35.1 Å². The average Bonchev–Trinajstić information content (AvgIpc) is 2.65.